The van der Waals surface area contributed by atoms with Crippen LogP contribution in [-0.4, -0.2) is 51.6 Å². The van der Waals surface area contributed by atoms with Crippen molar-refractivity contribution in [3.05, 3.63) is 59.9 Å². The molecule has 1 fully saturated rings. The van der Waals surface area contributed by atoms with E-state index in [9.17, 15) is 14.0 Å². The van der Waals surface area contributed by atoms with Gasteiger partial charge < -0.3 is 15.4 Å². The van der Waals surface area contributed by atoms with Crippen molar-refractivity contribution in [3.8, 4) is 11.1 Å². The monoisotopic (exact) mass is 439 g/mol. The lowest BCUT2D eigenvalue weighted by Crippen LogP contribution is -2.33. The number of hydrogen-bond donors (Lipinski definition) is 3. The highest BCUT2D eigenvalue weighted by molar-refractivity contribution is 5.90. The Hall–Kier alpha value is -3.86. The van der Waals surface area contributed by atoms with E-state index in [1.807, 2.05) is 6.07 Å². The van der Waals surface area contributed by atoms with Crippen LogP contribution in [0.4, 0.5) is 14.9 Å². The summed E-state index contributed by atoms with van der Waals surface area (Å²) in [4.78, 5) is 28.9. The lowest BCUT2D eigenvalue weighted by Gasteiger charge is -2.14. The average molecular weight is 439 g/mol. The lowest BCUT2D eigenvalue weighted by molar-refractivity contribution is -0.119. The first-order valence-electron chi connectivity index (χ1n) is 10.0. The number of halogens is 1. The fourth-order valence-corrected chi connectivity index (χ4v) is 3.32. The minimum absolute atomic E-state index is 0.208. The van der Waals surface area contributed by atoms with Crippen LogP contribution in [0.25, 0.3) is 11.1 Å². The number of carbonyl (C=O) groups excluding carboxylic acids is 2. The van der Waals surface area contributed by atoms with Crippen molar-refractivity contribution in [2.75, 3.05) is 18.0 Å². The molecule has 4 rings (SSSR count). The van der Waals surface area contributed by atoms with Gasteiger partial charge in [-0.3, -0.25) is 19.8 Å². The third-order valence-corrected chi connectivity index (χ3v) is 4.94. The number of nitrogens with zero attached hydrogens (tertiary/aromatic N) is 4. The van der Waals surface area contributed by atoms with Crippen molar-refractivity contribution >= 4 is 17.7 Å². The number of carbonyl (C=O) groups is 2. The fourth-order valence-electron chi connectivity index (χ4n) is 3.32. The van der Waals surface area contributed by atoms with Crippen molar-refractivity contribution in [2.45, 2.75) is 26.1 Å². The molecule has 1 atom stereocenters. The molecule has 1 aliphatic heterocycles. The number of H-pyrrole nitrogens is 1. The first-order valence-corrected chi connectivity index (χ1v) is 10.0. The standard InChI is InChI=1S/C21H22FN7O3/c1-13(30)24-11-18-12-29(21(31)32-18)17-4-5-19(20(22)6-17)14-2-3-15(25-7-14)8-23-9-16-10-26-28-27-16/h2-7,10,18,23H,8-9,11-12H2,1H3,(H,24,30)(H,26,27,28)/t18-/m0/s1. The second-order valence-electron chi connectivity index (χ2n) is 7.34. The van der Waals surface area contributed by atoms with Crippen LogP contribution in [0.3, 0.4) is 0 Å². The van der Waals surface area contributed by atoms with E-state index >= 15 is 0 Å². The predicted octanol–water partition coefficient (Wildman–Crippen LogP) is 1.76. The van der Waals surface area contributed by atoms with E-state index in [0.29, 0.717) is 29.9 Å². The Morgan fingerprint density at radius 3 is 2.84 bits per heavy atom. The first kappa shape index (κ1) is 21.4. The van der Waals surface area contributed by atoms with Crippen LogP contribution >= 0.6 is 0 Å². The zero-order chi connectivity index (χ0) is 22.5. The summed E-state index contributed by atoms with van der Waals surface area (Å²) >= 11 is 0. The molecule has 3 aromatic rings. The van der Waals surface area contributed by atoms with Gasteiger partial charge in [-0.05, 0) is 24.3 Å². The molecule has 166 valence electrons. The van der Waals surface area contributed by atoms with E-state index < -0.39 is 18.0 Å². The zero-order valence-electron chi connectivity index (χ0n) is 17.3. The van der Waals surface area contributed by atoms with Gasteiger partial charge in [-0.15, -0.1) is 5.10 Å². The quantitative estimate of drug-likeness (QED) is 0.488. The molecule has 32 heavy (non-hydrogen) atoms. The molecule has 0 spiro atoms. The summed E-state index contributed by atoms with van der Waals surface area (Å²) in [5, 5.41) is 16.0. The number of amides is 2. The molecule has 0 saturated carbocycles. The summed E-state index contributed by atoms with van der Waals surface area (Å²) in [5.74, 6) is -0.680. The Bertz CT molecular complexity index is 1090. The minimum Gasteiger partial charge on any atom is -0.442 e. The molecular weight excluding hydrogens is 417 g/mol. The highest BCUT2D eigenvalue weighted by atomic mass is 19.1. The number of hydrogen-bond acceptors (Lipinski definition) is 7. The number of aromatic amines is 1. The number of anilines is 1. The van der Waals surface area contributed by atoms with Crippen LogP contribution in [0, 0.1) is 5.82 Å². The van der Waals surface area contributed by atoms with Crippen molar-refractivity contribution in [1.29, 1.82) is 0 Å². The summed E-state index contributed by atoms with van der Waals surface area (Å²) in [5.41, 5.74) is 3.08. The van der Waals surface area contributed by atoms with Gasteiger partial charge in [0.1, 0.15) is 11.9 Å². The number of pyridine rings is 1. The second-order valence-corrected chi connectivity index (χ2v) is 7.34. The van der Waals surface area contributed by atoms with E-state index in [-0.39, 0.29) is 19.0 Å². The van der Waals surface area contributed by atoms with Crippen molar-refractivity contribution in [2.24, 2.45) is 0 Å². The molecule has 0 aliphatic carbocycles. The maximum atomic E-state index is 14.8. The van der Waals surface area contributed by atoms with Crippen LogP contribution in [0.5, 0.6) is 0 Å². The largest absolute Gasteiger partial charge is 0.442 e. The summed E-state index contributed by atoms with van der Waals surface area (Å²) in [7, 11) is 0. The van der Waals surface area contributed by atoms with Crippen LogP contribution in [-0.2, 0) is 22.6 Å². The molecule has 0 radical (unpaired) electrons. The number of benzene rings is 1. The van der Waals surface area contributed by atoms with E-state index in [1.165, 1.54) is 17.9 Å². The molecule has 3 N–H and O–H groups in total. The summed E-state index contributed by atoms with van der Waals surface area (Å²) in [6.07, 6.45) is 2.20. The van der Waals surface area contributed by atoms with Crippen LogP contribution in [0.1, 0.15) is 18.3 Å². The molecule has 2 amide bonds. The van der Waals surface area contributed by atoms with Crippen LogP contribution in [0.2, 0.25) is 0 Å². The molecule has 1 aliphatic rings. The van der Waals surface area contributed by atoms with Gasteiger partial charge in [-0.2, -0.15) is 0 Å². The van der Waals surface area contributed by atoms with Crippen molar-refractivity contribution < 1.29 is 18.7 Å². The van der Waals surface area contributed by atoms with Crippen molar-refractivity contribution in [3.63, 3.8) is 0 Å². The Balaban J connectivity index is 1.38. The molecule has 2 aromatic heterocycles. The van der Waals surface area contributed by atoms with E-state index in [2.05, 4.69) is 31.0 Å². The van der Waals surface area contributed by atoms with Crippen molar-refractivity contribution in [1.82, 2.24) is 31.0 Å². The number of ether oxygens (including phenoxy) is 1. The summed E-state index contributed by atoms with van der Waals surface area (Å²) in [6, 6.07) is 8.19. The Kier molecular flexibility index (Phi) is 6.36. The molecule has 11 heteroatoms. The third-order valence-electron chi connectivity index (χ3n) is 4.94. The Morgan fingerprint density at radius 2 is 2.16 bits per heavy atom. The van der Waals surface area contributed by atoms with Gasteiger partial charge in [0.25, 0.3) is 0 Å². The number of nitrogens with one attached hydrogen (secondary N) is 3. The molecular formula is C21H22FN7O3. The normalized spacial score (nSPS) is 15.6. The third kappa shape index (κ3) is 5.06. The summed E-state index contributed by atoms with van der Waals surface area (Å²) in [6.45, 7) is 2.95. The number of aromatic nitrogens is 4. The highest BCUT2D eigenvalue weighted by Crippen LogP contribution is 2.28. The molecule has 1 saturated heterocycles. The topological polar surface area (TPSA) is 125 Å². The molecule has 0 unspecified atom stereocenters. The Morgan fingerprint density at radius 1 is 1.28 bits per heavy atom. The van der Waals surface area contributed by atoms with Gasteiger partial charge >= 0.3 is 6.09 Å². The maximum absolute atomic E-state index is 14.8. The SMILES string of the molecule is CC(=O)NC[C@H]1CN(c2ccc(-c3ccc(CNCc4cnn[nH]4)nc3)c(F)c2)C(=O)O1. The van der Waals surface area contributed by atoms with Gasteiger partial charge in [0.05, 0.1) is 36.4 Å². The molecule has 0 bridgehead atoms. The Labute approximate surface area is 183 Å². The van der Waals surface area contributed by atoms with Gasteiger partial charge in [-0.25, -0.2) is 9.18 Å². The van der Waals surface area contributed by atoms with Gasteiger partial charge in [-0.1, -0.05) is 11.3 Å². The van der Waals surface area contributed by atoms with Gasteiger partial charge in [0.15, 0.2) is 0 Å². The highest BCUT2D eigenvalue weighted by Gasteiger charge is 2.32. The fraction of sp³-hybridized carbons (Fsp3) is 0.286. The number of rotatable bonds is 8. The smallest absolute Gasteiger partial charge is 0.414 e. The molecule has 1 aromatic carbocycles. The van der Waals surface area contributed by atoms with E-state index in [0.717, 1.165) is 11.4 Å². The van der Waals surface area contributed by atoms with E-state index in [1.54, 1.807) is 30.6 Å². The molecule has 3 heterocycles. The zero-order valence-corrected chi connectivity index (χ0v) is 17.3. The minimum atomic E-state index is -0.572. The number of cyclic esters (lactones) is 1. The second kappa shape index (κ2) is 9.52. The maximum Gasteiger partial charge on any atom is 0.414 e. The molecule has 10 nitrogen and oxygen atoms in total. The van der Waals surface area contributed by atoms with Gasteiger partial charge in [0.2, 0.25) is 5.91 Å². The average Bonchev–Trinajstić information content (AvgIpc) is 3.42. The summed E-state index contributed by atoms with van der Waals surface area (Å²) < 4.78 is 20.1. The first-order chi connectivity index (χ1) is 15.5. The van der Waals surface area contributed by atoms with E-state index in [4.69, 9.17) is 4.74 Å². The lowest BCUT2D eigenvalue weighted by atomic mass is 10.1. The van der Waals surface area contributed by atoms with Crippen LogP contribution < -0.4 is 15.5 Å². The van der Waals surface area contributed by atoms with Gasteiger partial charge in [0, 0.05) is 37.3 Å². The predicted molar refractivity (Wildman–Crippen MR) is 113 cm³/mol. The van der Waals surface area contributed by atoms with Crippen LogP contribution in [0.15, 0.2) is 42.7 Å².